The zero-order valence-electron chi connectivity index (χ0n) is 11.4. The third-order valence-electron chi connectivity index (χ3n) is 2.91. The number of ether oxygens (including phenoxy) is 1. The van der Waals surface area contributed by atoms with E-state index < -0.39 is 0 Å². The van der Waals surface area contributed by atoms with Crippen LogP contribution >= 0.6 is 34.4 Å². The summed E-state index contributed by atoms with van der Waals surface area (Å²) in [6.07, 6.45) is 1.05. The summed E-state index contributed by atoms with van der Waals surface area (Å²) in [5.41, 5.74) is 1.92. The van der Waals surface area contributed by atoms with E-state index in [0.717, 1.165) is 11.3 Å². The van der Waals surface area contributed by atoms with Crippen LogP contribution in [0.15, 0.2) is 52.3 Å². The summed E-state index contributed by atoms with van der Waals surface area (Å²) in [4.78, 5) is 13.7. The lowest BCUT2D eigenvalue weighted by molar-refractivity contribution is 0.0600. The molecule has 0 aromatic heterocycles. The molecule has 20 heavy (non-hydrogen) atoms. The van der Waals surface area contributed by atoms with Crippen molar-refractivity contribution >= 4 is 40.3 Å². The second-order valence-electron chi connectivity index (χ2n) is 4.24. The predicted octanol–water partition coefficient (Wildman–Crippen LogP) is 4.79. The summed E-state index contributed by atoms with van der Waals surface area (Å²) in [5.74, 6) is -0.302. The molecule has 0 aliphatic heterocycles. The Balaban J connectivity index is 2.16. The van der Waals surface area contributed by atoms with Gasteiger partial charge in [-0.05, 0) is 71.0 Å². The van der Waals surface area contributed by atoms with Crippen molar-refractivity contribution in [3.8, 4) is 0 Å². The third-order valence-corrected chi connectivity index (χ3v) is 5.25. The fourth-order valence-corrected chi connectivity index (χ4v) is 3.48. The summed E-state index contributed by atoms with van der Waals surface area (Å²) < 4.78 is 5.95. The van der Waals surface area contributed by atoms with Gasteiger partial charge in [0.25, 0.3) is 0 Å². The largest absolute Gasteiger partial charge is 0.465 e. The number of methoxy groups -OCH3 is 1. The number of benzene rings is 2. The Bertz CT molecular complexity index is 608. The van der Waals surface area contributed by atoms with Crippen molar-refractivity contribution < 1.29 is 9.53 Å². The van der Waals surface area contributed by atoms with E-state index in [1.165, 1.54) is 21.1 Å². The van der Waals surface area contributed by atoms with Crippen molar-refractivity contribution in [1.29, 1.82) is 0 Å². The molecule has 0 unspecified atom stereocenters. The first kappa shape index (κ1) is 15.4. The minimum absolute atomic E-state index is 0.302. The van der Waals surface area contributed by atoms with E-state index in [0.29, 0.717) is 5.56 Å². The van der Waals surface area contributed by atoms with Crippen molar-refractivity contribution in [3.05, 3.63) is 57.2 Å². The summed E-state index contributed by atoms with van der Waals surface area (Å²) in [7, 11) is 1.39. The molecule has 2 aromatic rings. The number of carbonyl (C=O) groups excluding carboxylic acids is 1. The van der Waals surface area contributed by atoms with Crippen LogP contribution in [0.1, 0.15) is 22.8 Å². The third kappa shape index (κ3) is 3.76. The first-order chi connectivity index (χ1) is 9.63. The lowest BCUT2D eigenvalue weighted by Gasteiger charge is -2.07. The number of esters is 1. The van der Waals surface area contributed by atoms with Crippen molar-refractivity contribution in [2.75, 3.05) is 7.11 Å². The fourth-order valence-electron chi connectivity index (χ4n) is 1.75. The molecule has 0 aliphatic carbocycles. The molecule has 0 aliphatic rings. The second kappa shape index (κ2) is 7.13. The number of carbonyl (C=O) groups is 1. The van der Waals surface area contributed by atoms with Crippen molar-refractivity contribution in [3.63, 3.8) is 0 Å². The maximum atomic E-state index is 11.4. The number of hydrogen-bond donors (Lipinski definition) is 0. The molecule has 0 saturated carbocycles. The van der Waals surface area contributed by atoms with Crippen LogP contribution in [0.25, 0.3) is 0 Å². The first-order valence-corrected chi connectivity index (χ1v) is 8.18. The van der Waals surface area contributed by atoms with Gasteiger partial charge in [-0.15, -0.1) is 0 Å². The zero-order chi connectivity index (χ0) is 14.5. The molecule has 2 rings (SSSR count). The van der Waals surface area contributed by atoms with Gasteiger partial charge in [0, 0.05) is 13.4 Å². The monoisotopic (exact) mass is 398 g/mol. The molecule has 0 saturated heterocycles. The van der Waals surface area contributed by atoms with Crippen LogP contribution in [0.5, 0.6) is 0 Å². The Hall–Kier alpha value is -1.01. The van der Waals surface area contributed by atoms with Crippen molar-refractivity contribution in [1.82, 2.24) is 0 Å². The average molecular weight is 398 g/mol. The summed E-state index contributed by atoms with van der Waals surface area (Å²) in [5, 5.41) is 0. The molecule has 4 heteroatoms. The zero-order valence-corrected chi connectivity index (χ0v) is 14.3. The Labute approximate surface area is 137 Å². The molecule has 0 radical (unpaired) electrons. The maximum absolute atomic E-state index is 11.4. The van der Waals surface area contributed by atoms with Gasteiger partial charge in [0.2, 0.25) is 0 Å². The minimum atomic E-state index is -0.302. The first-order valence-electron chi connectivity index (χ1n) is 6.28. The molecular weight excluding hydrogens is 383 g/mol. The molecule has 0 fully saturated rings. The molecule has 0 N–H and O–H groups in total. The predicted molar refractivity (Wildman–Crippen MR) is 90.4 cm³/mol. The van der Waals surface area contributed by atoms with Gasteiger partial charge < -0.3 is 4.74 Å². The van der Waals surface area contributed by atoms with E-state index >= 15 is 0 Å². The van der Waals surface area contributed by atoms with Crippen molar-refractivity contribution in [2.24, 2.45) is 0 Å². The SMILES string of the molecule is CCc1ccc(Sc2ccc(C(=O)OC)cc2)c(I)c1. The van der Waals surface area contributed by atoms with Gasteiger partial charge in [0.05, 0.1) is 12.7 Å². The van der Waals surface area contributed by atoms with Gasteiger partial charge in [-0.2, -0.15) is 0 Å². The molecule has 0 atom stereocenters. The molecule has 0 bridgehead atoms. The Morgan fingerprint density at radius 1 is 1.20 bits per heavy atom. The molecular formula is C16H15IO2S. The number of rotatable bonds is 4. The normalized spacial score (nSPS) is 10.3. The fraction of sp³-hybridized carbons (Fsp3) is 0.188. The summed E-state index contributed by atoms with van der Waals surface area (Å²) in [6, 6.07) is 14.0. The van der Waals surface area contributed by atoms with Crippen LogP contribution in [-0.2, 0) is 11.2 Å². The molecule has 104 valence electrons. The van der Waals surface area contributed by atoms with Crippen LogP contribution in [0.2, 0.25) is 0 Å². The summed E-state index contributed by atoms with van der Waals surface area (Å²) in [6.45, 7) is 2.16. The molecule has 0 heterocycles. The molecule has 0 amide bonds. The molecule has 0 spiro atoms. The van der Waals surface area contributed by atoms with E-state index in [1.54, 1.807) is 23.9 Å². The van der Waals surface area contributed by atoms with Crippen LogP contribution in [0.4, 0.5) is 0 Å². The van der Waals surface area contributed by atoms with Crippen LogP contribution in [0.3, 0.4) is 0 Å². The second-order valence-corrected chi connectivity index (χ2v) is 6.51. The Morgan fingerprint density at radius 3 is 2.45 bits per heavy atom. The lowest BCUT2D eigenvalue weighted by Crippen LogP contribution is -2.00. The Kier molecular flexibility index (Phi) is 5.48. The van der Waals surface area contributed by atoms with E-state index in [1.807, 2.05) is 12.1 Å². The molecule has 2 nitrogen and oxygen atoms in total. The van der Waals surface area contributed by atoms with E-state index in [-0.39, 0.29) is 5.97 Å². The number of aryl methyl sites for hydroxylation is 1. The van der Waals surface area contributed by atoms with Crippen LogP contribution < -0.4 is 0 Å². The number of halogens is 1. The van der Waals surface area contributed by atoms with E-state index in [2.05, 4.69) is 47.7 Å². The Morgan fingerprint density at radius 2 is 1.90 bits per heavy atom. The van der Waals surface area contributed by atoms with Gasteiger partial charge >= 0.3 is 5.97 Å². The van der Waals surface area contributed by atoms with Gasteiger partial charge in [0.15, 0.2) is 0 Å². The highest BCUT2D eigenvalue weighted by atomic mass is 127. The van der Waals surface area contributed by atoms with Gasteiger partial charge in [-0.3, -0.25) is 0 Å². The van der Waals surface area contributed by atoms with Crippen molar-refractivity contribution in [2.45, 2.75) is 23.1 Å². The summed E-state index contributed by atoms with van der Waals surface area (Å²) >= 11 is 4.07. The van der Waals surface area contributed by atoms with Crippen LogP contribution in [0, 0.1) is 3.57 Å². The maximum Gasteiger partial charge on any atom is 0.337 e. The smallest absolute Gasteiger partial charge is 0.337 e. The van der Waals surface area contributed by atoms with E-state index in [4.69, 9.17) is 4.74 Å². The highest BCUT2D eigenvalue weighted by Crippen LogP contribution is 2.32. The average Bonchev–Trinajstić information content (AvgIpc) is 2.49. The van der Waals surface area contributed by atoms with Gasteiger partial charge in [-0.25, -0.2) is 4.79 Å². The van der Waals surface area contributed by atoms with Crippen LogP contribution in [-0.4, -0.2) is 13.1 Å². The number of hydrogen-bond acceptors (Lipinski definition) is 3. The van der Waals surface area contributed by atoms with E-state index in [9.17, 15) is 4.79 Å². The quantitative estimate of drug-likeness (QED) is 0.547. The molecule has 2 aromatic carbocycles. The minimum Gasteiger partial charge on any atom is -0.465 e. The highest BCUT2D eigenvalue weighted by Gasteiger charge is 2.06. The topological polar surface area (TPSA) is 26.3 Å². The van der Waals surface area contributed by atoms with Gasteiger partial charge in [0.1, 0.15) is 0 Å². The van der Waals surface area contributed by atoms with Gasteiger partial charge in [-0.1, -0.05) is 24.8 Å². The lowest BCUT2D eigenvalue weighted by atomic mass is 10.2. The highest BCUT2D eigenvalue weighted by molar-refractivity contribution is 14.1. The standard InChI is InChI=1S/C16H15IO2S/c1-3-11-4-9-15(14(17)10-11)20-13-7-5-12(6-8-13)16(18)19-2/h4-10H,3H2,1-2H3.